The lowest BCUT2D eigenvalue weighted by Crippen LogP contribution is -2.38. The Kier molecular flexibility index (Phi) is 7.64. The Morgan fingerprint density at radius 1 is 1.15 bits per heavy atom. The van der Waals surface area contributed by atoms with Crippen LogP contribution in [0, 0.1) is 0 Å². The minimum atomic E-state index is -0.0117. The predicted octanol–water partition coefficient (Wildman–Crippen LogP) is 3.44. The van der Waals surface area contributed by atoms with Crippen LogP contribution in [0.15, 0.2) is 35.7 Å². The van der Waals surface area contributed by atoms with Crippen LogP contribution >= 0.6 is 11.3 Å². The van der Waals surface area contributed by atoms with Crippen molar-refractivity contribution in [2.45, 2.75) is 6.54 Å². The molecule has 8 nitrogen and oxygen atoms in total. The zero-order valence-corrected chi connectivity index (χ0v) is 20.0. The number of carbonyl (C=O) groups excluding carboxylic acids is 1. The van der Waals surface area contributed by atoms with Crippen molar-refractivity contribution < 1.29 is 23.7 Å². The highest BCUT2D eigenvalue weighted by Crippen LogP contribution is 2.34. The van der Waals surface area contributed by atoms with Gasteiger partial charge in [-0.3, -0.25) is 4.79 Å². The Morgan fingerprint density at radius 2 is 1.91 bits per heavy atom. The second kappa shape index (κ2) is 10.8. The first-order valence-electron chi connectivity index (χ1n) is 10.8. The molecule has 3 aromatic rings. The smallest absolute Gasteiger partial charge is 0.264 e. The molecule has 176 valence electrons. The van der Waals surface area contributed by atoms with E-state index in [1.165, 1.54) is 11.3 Å². The molecule has 2 aromatic heterocycles. The first-order chi connectivity index (χ1) is 16.1. The molecule has 0 saturated carbocycles. The van der Waals surface area contributed by atoms with E-state index in [0.29, 0.717) is 49.3 Å². The van der Waals surface area contributed by atoms with Crippen molar-refractivity contribution >= 4 is 34.0 Å². The third-order valence-corrected chi connectivity index (χ3v) is 6.49. The molecule has 1 aromatic carbocycles. The largest absolute Gasteiger partial charge is 0.493 e. The summed E-state index contributed by atoms with van der Waals surface area (Å²) < 4.78 is 21.8. The van der Waals surface area contributed by atoms with E-state index < -0.39 is 0 Å². The third-order valence-electron chi connectivity index (χ3n) is 5.63. The lowest BCUT2D eigenvalue weighted by molar-refractivity contribution is 0.0685. The highest BCUT2D eigenvalue weighted by Gasteiger charge is 2.23. The first-order valence-corrected chi connectivity index (χ1v) is 11.7. The molecular formula is C24H29N3O5S. The van der Waals surface area contributed by atoms with E-state index in [2.05, 4.69) is 11.0 Å². The number of carbonyl (C=O) groups is 1. The number of hydrogen-bond donors (Lipinski definition) is 0. The fourth-order valence-electron chi connectivity index (χ4n) is 3.92. The van der Waals surface area contributed by atoms with Crippen molar-refractivity contribution in [1.29, 1.82) is 0 Å². The van der Waals surface area contributed by atoms with Gasteiger partial charge in [-0.05, 0) is 23.6 Å². The lowest BCUT2D eigenvalue weighted by atomic mass is 10.1. The summed E-state index contributed by atoms with van der Waals surface area (Å²) in [6.07, 6.45) is 0. The Labute approximate surface area is 197 Å². The van der Waals surface area contributed by atoms with Gasteiger partial charge in [-0.1, -0.05) is 6.07 Å². The zero-order chi connectivity index (χ0) is 23.2. The quantitative estimate of drug-likeness (QED) is 0.473. The number of amides is 1. The molecule has 1 amide bonds. The summed E-state index contributed by atoms with van der Waals surface area (Å²) in [5, 5.41) is 2.84. The van der Waals surface area contributed by atoms with Crippen molar-refractivity contribution in [2.75, 3.05) is 65.7 Å². The van der Waals surface area contributed by atoms with Crippen LogP contribution in [0.2, 0.25) is 0 Å². The minimum Gasteiger partial charge on any atom is -0.493 e. The number of pyridine rings is 1. The van der Waals surface area contributed by atoms with Gasteiger partial charge in [0.1, 0.15) is 5.82 Å². The Balaban J connectivity index is 1.77. The summed E-state index contributed by atoms with van der Waals surface area (Å²) in [6, 6.07) is 9.65. The van der Waals surface area contributed by atoms with E-state index in [1.807, 2.05) is 34.5 Å². The van der Waals surface area contributed by atoms with E-state index >= 15 is 0 Å². The molecule has 4 rings (SSSR count). The highest BCUT2D eigenvalue weighted by atomic mass is 32.1. The Bertz CT molecular complexity index is 1080. The van der Waals surface area contributed by atoms with Crippen molar-refractivity contribution in [3.63, 3.8) is 0 Å². The van der Waals surface area contributed by atoms with Gasteiger partial charge in [0.25, 0.3) is 5.91 Å². The maximum atomic E-state index is 13.2. The molecule has 33 heavy (non-hydrogen) atoms. The van der Waals surface area contributed by atoms with Crippen molar-refractivity contribution in [2.24, 2.45) is 0 Å². The lowest BCUT2D eigenvalue weighted by Gasteiger charge is -2.31. The monoisotopic (exact) mass is 471 g/mol. The highest BCUT2D eigenvalue weighted by molar-refractivity contribution is 7.12. The number of methoxy groups -OCH3 is 3. The van der Waals surface area contributed by atoms with Crippen LogP contribution in [0.25, 0.3) is 10.9 Å². The van der Waals surface area contributed by atoms with E-state index in [9.17, 15) is 4.79 Å². The molecular weight excluding hydrogens is 442 g/mol. The van der Waals surface area contributed by atoms with Gasteiger partial charge in [-0.2, -0.15) is 0 Å². The number of benzene rings is 1. The van der Waals surface area contributed by atoms with Crippen LogP contribution in [0.5, 0.6) is 11.5 Å². The summed E-state index contributed by atoms with van der Waals surface area (Å²) in [5.74, 6) is 2.12. The molecule has 1 aliphatic rings. The van der Waals surface area contributed by atoms with E-state index in [1.54, 1.807) is 21.3 Å². The minimum absolute atomic E-state index is 0.0117. The molecule has 0 spiro atoms. The van der Waals surface area contributed by atoms with Crippen molar-refractivity contribution in [3.8, 4) is 11.5 Å². The number of anilines is 1. The van der Waals surface area contributed by atoms with Crippen LogP contribution in [0.1, 0.15) is 15.2 Å². The molecule has 1 saturated heterocycles. The van der Waals surface area contributed by atoms with Crippen LogP contribution in [0.3, 0.4) is 0 Å². The van der Waals surface area contributed by atoms with Gasteiger partial charge in [0.15, 0.2) is 11.5 Å². The average molecular weight is 472 g/mol. The van der Waals surface area contributed by atoms with E-state index in [4.69, 9.17) is 23.9 Å². The number of nitrogens with zero attached hydrogens (tertiary/aromatic N) is 3. The van der Waals surface area contributed by atoms with Crippen LogP contribution in [-0.4, -0.2) is 76.6 Å². The number of rotatable bonds is 9. The Hall–Kier alpha value is -2.88. The van der Waals surface area contributed by atoms with Crippen LogP contribution in [0.4, 0.5) is 5.82 Å². The van der Waals surface area contributed by atoms with Gasteiger partial charge in [-0.25, -0.2) is 4.98 Å². The van der Waals surface area contributed by atoms with Gasteiger partial charge in [0.05, 0.1) is 44.4 Å². The molecule has 9 heteroatoms. The fraction of sp³-hybridized carbons (Fsp3) is 0.417. The van der Waals surface area contributed by atoms with Crippen LogP contribution in [-0.2, 0) is 16.0 Å². The maximum absolute atomic E-state index is 13.2. The zero-order valence-electron chi connectivity index (χ0n) is 19.2. The number of hydrogen-bond acceptors (Lipinski definition) is 8. The summed E-state index contributed by atoms with van der Waals surface area (Å²) in [6.45, 7) is 4.14. The second-order valence-corrected chi connectivity index (χ2v) is 8.61. The molecule has 0 atom stereocenters. The summed E-state index contributed by atoms with van der Waals surface area (Å²) in [5.41, 5.74) is 1.78. The second-order valence-electron chi connectivity index (χ2n) is 7.67. The maximum Gasteiger partial charge on any atom is 0.264 e. The predicted molar refractivity (Wildman–Crippen MR) is 129 cm³/mol. The normalized spacial score (nSPS) is 13.8. The molecule has 0 N–H and O–H groups in total. The summed E-state index contributed by atoms with van der Waals surface area (Å²) >= 11 is 1.44. The number of thiophene rings is 1. The molecule has 1 fully saturated rings. The van der Waals surface area contributed by atoms with Gasteiger partial charge >= 0.3 is 0 Å². The molecule has 0 aliphatic carbocycles. The number of fused-ring (bicyclic) bond motifs is 1. The van der Waals surface area contributed by atoms with Crippen LogP contribution < -0.4 is 14.4 Å². The third kappa shape index (κ3) is 5.21. The standard InChI is InChI=1S/C24H29N3O5S/c1-29-9-6-27(24(28)22-5-4-12-33-22)16-18-13-17-14-20(30-2)21(31-3)15-19(17)25-23(18)26-7-10-32-11-8-26/h4-5,12-15H,6-11,16H2,1-3H3. The molecule has 3 heterocycles. The van der Waals surface area contributed by atoms with Crippen molar-refractivity contribution in [1.82, 2.24) is 9.88 Å². The fourth-order valence-corrected chi connectivity index (χ4v) is 4.61. The average Bonchev–Trinajstić information content (AvgIpc) is 3.40. The molecule has 0 bridgehead atoms. The number of ether oxygens (including phenoxy) is 4. The molecule has 0 radical (unpaired) electrons. The van der Waals surface area contributed by atoms with Gasteiger partial charge in [0, 0.05) is 50.3 Å². The summed E-state index contributed by atoms with van der Waals surface area (Å²) in [4.78, 5) is 23.0. The molecule has 1 aliphatic heterocycles. The summed E-state index contributed by atoms with van der Waals surface area (Å²) in [7, 11) is 4.88. The van der Waals surface area contributed by atoms with Crippen molar-refractivity contribution in [3.05, 3.63) is 46.2 Å². The van der Waals surface area contributed by atoms with E-state index in [0.717, 1.165) is 35.4 Å². The SMILES string of the molecule is COCCN(Cc1cc2cc(OC)c(OC)cc2nc1N1CCOCC1)C(=O)c1cccs1. The number of aromatic nitrogens is 1. The van der Waals surface area contributed by atoms with Gasteiger partial charge in [0.2, 0.25) is 0 Å². The number of morpholine rings is 1. The topological polar surface area (TPSA) is 73.4 Å². The van der Waals surface area contributed by atoms with Gasteiger partial charge < -0.3 is 28.7 Å². The first kappa shape index (κ1) is 23.3. The van der Waals surface area contributed by atoms with E-state index in [-0.39, 0.29) is 5.91 Å². The molecule has 0 unspecified atom stereocenters. The Morgan fingerprint density at radius 3 is 2.58 bits per heavy atom. The van der Waals surface area contributed by atoms with Gasteiger partial charge in [-0.15, -0.1) is 11.3 Å².